The Hall–Kier alpha value is -0.260. The van der Waals surface area contributed by atoms with Gasteiger partial charge in [-0.2, -0.15) is 0 Å². The molecule has 0 bridgehead atoms. The predicted molar refractivity (Wildman–Crippen MR) is 70.8 cm³/mol. The van der Waals surface area contributed by atoms with Crippen LogP contribution in [-0.4, -0.2) is 0 Å². The average Bonchev–Trinajstić information content (AvgIpc) is 2.80. The van der Waals surface area contributed by atoms with E-state index in [1.165, 1.54) is 25.7 Å². The van der Waals surface area contributed by atoms with Crippen LogP contribution in [0.2, 0.25) is 0 Å². The highest BCUT2D eigenvalue weighted by atomic mass is 14.1. The van der Waals surface area contributed by atoms with Crippen LogP contribution in [0.1, 0.15) is 74.1 Å². The standard InChI is InChI=1S/C8H14.3C2H6/c1-2-5-8-6-3-4-7-8;3*1-2/h3-4,8H,2,5-7H2,1H3;3*1-2H3. The van der Waals surface area contributed by atoms with E-state index < -0.39 is 0 Å². The molecule has 1 aliphatic rings. The molecule has 0 fully saturated rings. The van der Waals surface area contributed by atoms with E-state index >= 15 is 0 Å². The summed E-state index contributed by atoms with van der Waals surface area (Å²) >= 11 is 0. The average molecular weight is 200 g/mol. The third kappa shape index (κ3) is 14.3. The van der Waals surface area contributed by atoms with E-state index in [0.717, 1.165) is 5.92 Å². The van der Waals surface area contributed by atoms with Crippen LogP contribution in [-0.2, 0) is 0 Å². The number of allylic oxidation sites excluding steroid dienone is 2. The van der Waals surface area contributed by atoms with Gasteiger partial charge in [-0.25, -0.2) is 0 Å². The molecule has 0 radical (unpaired) electrons. The Morgan fingerprint density at radius 3 is 1.50 bits per heavy atom. The first-order valence-electron chi connectivity index (χ1n) is 6.58. The minimum atomic E-state index is 1.000. The third-order valence-corrected chi connectivity index (χ3v) is 1.80. The van der Waals surface area contributed by atoms with Crippen LogP contribution >= 0.6 is 0 Å². The van der Waals surface area contributed by atoms with Crippen LogP contribution in [0.4, 0.5) is 0 Å². The molecular formula is C14H32. The molecule has 0 N–H and O–H groups in total. The molecule has 0 spiro atoms. The lowest BCUT2D eigenvalue weighted by Crippen LogP contribution is -1.90. The van der Waals surface area contributed by atoms with Gasteiger partial charge in [0.05, 0.1) is 0 Å². The van der Waals surface area contributed by atoms with Gasteiger partial charge in [-0.1, -0.05) is 73.5 Å². The maximum atomic E-state index is 2.31. The summed E-state index contributed by atoms with van der Waals surface area (Å²) in [5, 5.41) is 0. The number of hydrogen-bond donors (Lipinski definition) is 0. The van der Waals surface area contributed by atoms with Crippen molar-refractivity contribution in [1.29, 1.82) is 0 Å². The van der Waals surface area contributed by atoms with Crippen molar-refractivity contribution < 1.29 is 0 Å². The van der Waals surface area contributed by atoms with E-state index in [4.69, 9.17) is 0 Å². The van der Waals surface area contributed by atoms with E-state index in [1.807, 2.05) is 41.5 Å². The Bertz CT molecular complexity index is 74.0. The smallest absolute Gasteiger partial charge is 0.0319 e. The van der Waals surface area contributed by atoms with E-state index in [9.17, 15) is 0 Å². The monoisotopic (exact) mass is 200 g/mol. The minimum Gasteiger partial charge on any atom is -0.0882 e. The predicted octanol–water partition coefficient (Wildman–Crippen LogP) is 5.83. The quantitative estimate of drug-likeness (QED) is 0.492. The zero-order valence-corrected chi connectivity index (χ0v) is 11.6. The molecule has 14 heavy (non-hydrogen) atoms. The molecule has 1 aliphatic carbocycles. The van der Waals surface area contributed by atoms with Gasteiger partial charge >= 0.3 is 0 Å². The molecule has 88 valence electrons. The maximum absolute atomic E-state index is 2.31. The second kappa shape index (κ2) is 23.0. The van der Waals surface area contributed by atoms with Crippen molar-refractivity contribution in [3.63, 3.8) is 0 Å². The Balaban J connectivity index is -0.000000174. The van der Waals surface area contributed by atoms with Gasteiger partial charge in [-0.15, -0.1) is 0 Å². The van der Waals surface area contributed by atoms with E-state index in [-0.39, 0.29) is 0 Å². The van der Waals surface area contributed by atoms with Crippen molar-refractivity contribution in [2.45, 2.75) is 74.1 Å². The number of hydrogen-bond acceptors (Lipinski definition) is 0. The summed E-state index contributed by atoms with van der Waals surface area (Å²) in [7, 11) is 0. The summed E-state index contributed by atoms with van der Waals surface area (Å²) in [6.07, 6.45) is 10.1. The van der Waals surface area contributed by atoms with Crippen LogP contribution in [0, 0.1) is 5.92 Å². The molecule has 0 aromatic heterocycles. The fraction of sp³-hybridized carbons (Fsp3) is 0.857. The van der Waals surface area contributed by atoms with E-state index in [2.05, 4.69) is 19.1 Å². The number of rotatable bonds is 2. The fourth-order valence-corrected chi connectivity index (χ4v) is 1.32. The highest BCUT2D eigenvalue weighted by Gasteiger charge is 2.06. The first-order chi connectivity index (χ1) is 6.93. The van der Waals surface area contributed by atoms with Gasteiger partial charge in [-0.05, 0) is 18.8 Å². The van der Waals surface area contributed by atoms with Crippen LogP contribution in [0.15, 0.2) is 12.2 Å². The molecule has 0 heteroatoms. The summed E-state index contributed by atoms with van der Waals surface area (Å²) < 4.78 is 0. The summed E-state index contributed by atoms with van der Waals surface area (Å²) in [5.74, 6) is 1.000. The Morgan fingerprint density at radius 1 is 0.857 bits per heavy atom. The zero-order chi connectivity index (χ0) is 11.8. The molecule has 0 unspecified atom stereocenters. The van der Waals surface area contributed by atoms with Crippen molar-refractivity contribution in [2.75, 3.05) is 0 Å². The first kappa shape index (κ1) is 19.3. The Labute approximate surface area is 92.8 Å². The lowest BCUT2D eigenvalue weighted by atomic mass is 10.0. The highest BCUT2D eigenvalue weighted by molar-refractivity contribution is 4.93. The summed E-state index contributed by atoms with van der Waals surface area (Å²) in [6, 6.07) is 0. The molecule has 0 saturated heterocycles. The van der Waals surface area contributed by atoms with Crippen LogP contribution in [0.5, 0.6) is 0 Å². The molecule has 1 rings (SSSR count). The lowest BCUT2D eigenvalue weighted by Gasteiger charge is -2.03. The lowest BCUT2D eigenvalue weighted by molar-refractivity contribution is 0.513. The topological polar surface area (TPSA) is 0 Å². The van der Waals surface area contributed by atoms with Crippen LogP contribution in [0.3, 0.4) is 0 Å². The van der Waals surface area contributed by atoms with E-state index in [0.29, 0.717) is 0 Å². The maximum Gasteiger partial charge on any atom is -0.0319 e. The molecule has 0 aliphatic heterocycles. The summed E-state index contributed by atoms with van der Waals surface area (Å²) in [4.78, 5) is 0. The second-order valence-electron chi connectivity index (χ2n) is 2.60. The third-order valence-electron chi connectivity index (χ3n) is 1.80. The molecule has 0 saturated carbocycles. The molecule has 0 amide bonds. The molecule has 0 aromatic rings. The highest BCUT2D eigenvalue weighted by Crippen LogP contribution is 2.21. The molecule has 0 nitrogen and oxygen atoms in total. The normalized spacial score (nSPS) is 12.8. The van der Waals surface area contributed by atoms with Crippen molar-refractivity contribution in [2.24, 2.45) is 5.92 Å². The van der Waals surface area contributed by atoms with Gasteiger partial charge in [0, 0.05) is 0 Å². The van der Waals surface area contributed by atoms with Crippen molar-refractivity contribution in [1.82, 2.24) is 0 Å². The fourth-order valence-electron chi connectivity index (χ4n) is 1.32. The largest absolute Gasteiger partial charge is 0.0882 e. The van der Waals surface area contributed by atoms with Crippen molar-refractivity contribution >= 4 is 0 Å². The minimum absolute atomic E-state index is 1.000. The van der Waals surface area contributed by atoms with Crippen molar-refractivity contribution in [3.05, 3.63) is 12.2 Å². The van der Waals surface area contributed by atoms with Gasteiger partial charge in [0.1, 0.15) is 0 Å². The van der Waals surface area contributed by atoms with Crippen LogP contribution < -0.4 is 0 Å². The van der Waals surface area contributed by atoms with E-state index in [1.54, 1.807) is 0 Å². The zero-order valence-electron chi connectivity index (χ0n) is 11.6. The van der Waals surface area contributed by atoms with Gasteiger partial charge in [0.15, 0.2) is 0 Å². The first-order valence-corrected chi connectivity index (χ1v) is 6.58. The summed E-state index contributed by atoms with van der Waals surface area (Å²) in [5.41, 5.74) is 0. The van der Waals surface area contributed by atoms with Crippen molar-refractivity contribution in [3.8, 4) is 0 Å². The molecular weight excluding hydrogens is 168 g/mol. The van der Waals surface area contributed by atoms with Gasteiger partial charge in [0.25, 0.3) is 0 Å². The summed E-state index contributed by atoms with van der Waals surface area (Å²) in [6.45, 7) is 14.3. The van der Waals surface area contributed by atoms with Gasteiger partial charge in [-0.3, -0.25) is 0 Å². The molecule has 0 aromatic carbocycles. The molecule has 0 atom stereocenters. The molecule has 0 heterocycles. The SMILES string of the molecule is CC.CC.CC.CCCC1CC=CC1. The Kier molecular flexibility index (Phi) is 31.7. The second-order valence-corrected chi connectivity index (χ2v) is 2.60. The van der Waals surface area contributed by atoms with Gasteiger partial charge in [0.2, 0.25) is 0 Å². The van der Waals surface area contributed by atoms with Crippen LogP contribution in [0.25, 0.3) is 0 Å². The van der Waals surface area contributed by atoms with Gasteiger partial charge < -0.3 is 0 Å². The Morgan fingerprint density at radius 2 is 1.21 bits per heavy atom.